The molecule has 0 atom stereocenters. The molecule has 1 aromatic rings. The Labute approximate surface area is 122 Å². The van der Waals surface area contributed by atoms with Gasteiger partial charge < -0.3 is 10.1 Å². The molecule has 0 heterocycles. The van der Waals surface area contributed by atoms with Gasteiger partial charge in [-0.25, -0.2) is 0 Å². The van der Waals surface area contributed by atoms with Crippen molar-refractivity contribution in [1.29, 1.82) is 0 Å². The minimum absolute atomic E-state index is 0.0318. The maximum absolute atomic E-state index is 11.5. The van der Waals surface area contributed by atoms with Crippen LogP contribution in [0, 0.1) is 10.1 Å². The van der Waals surface area contributed by atoms with Crippen molar-refractivity contribution in [3.8, 4) is 5.75 Å². The van der Waals surface area contributed by atoms with Crippen molar-refractivity contribution in [2.75, 3.05) is 13.2 Å². The van der Waals surface area contributed by atoms with Crippen LogP contribution in [-0.2, 0) is 4.79 Å². The zero-order chi connectivity index (χ0) is 15.8. The van der Waals surface area contributed by atoms with Gasteiger partial charge in [-0.2, -0.15) is 0 Å². The lowest BCUT2D eigenvalue weighted by Crippen LogP contribution is -2.29. The van der Waals surface area contributed by atoms with E-state index in [0.29, 0.717) is 6.54 Å². The number of nitro groups is 1. The molecule has 7 nitrogen and oxygen atoms in total. The molecule has 0 unspecified atom stereocenters. The van der Waals surface area contributed by atoms with E-state index in [4.69, 9.17) is 4.74 Å². The molecule has 1 rings (SSSR count). The first-order chi connectivity index (χ1) is 9.95. The predicted octanol–water partition coefficient (Wildman–Crippen LogP) is 2.09. The molecular weight excluding hydrogens is 276 g/mol. The topological polar surface area (TPSA) is 98.5 Å². The van der Waals surface area contributed by atoms with Crippen LogP contribution in [0.1, 0.15) is 37.0 Å². The summed E-state index contributed by atoms with van der Waals surface area (Å²) in [6.45, 7) is 3.57. The van der Waals surface area contributed by atoms with Crippen molar-refractivity contribution in [3.05, 3.63) is 33.9 Å². The fourth-order valence-corrected chi connectivity index (χ4v) is 1.60. The summed E-state index contributed by atoms with van der Waals surface area (Å²) < 4.78 is 5.16. The number of unbranched alkanes of at least 4 members (excludes halogenated alkanes) is 1. The fraction of sp³-hybridized carbons (Fsp3) is 0.429. The van der Waals surface area contributed by atoms with Gasteiger partial charge in [-0.05, 0) is 25.5 Å². The molecule has 7 heteroatoms. The van der Waals surface area contributed by atoms with E-state index >= 15 is 0 Å². The van der Waals surface area contributed by atoms with E-state index in [0.717, 1.165) is 18.9 Å². The highest BCUT2D eigenvalue weighted by molar-refractivity contribution is 5.95. The highest BCUT2D eigenvalue weighted by Gasteiger charge is 2.18. The fourth-order valence-electron chi connectivity index (χ4n) is 1.60. The van der Waals surface area contributed by atoms with Crippen LogP contribution in [-0.4, -0.2) is 29.8 Å². The van der Waals surface area contributed by atoms with Gasteiger partial charge in [0.05, 0.1) is 4.92 Å². The standard InChI is InChI=1S/C14H18N2O5/c1-3-4-7-15-14(18)9-21-13-6-5-11(10(2)17)8-12(13)16(19)20/h5-6,8H,3-4,7,9H2,1-2H3,(H,15,18). The number of carbonyl (C=O) groups excluding carboxylic acids is 2. The van der Waals surface area contributed by atoms with Crippen LogP contribution in [0.15, 0.2) is 18.2 Å². The summed E-state index contributed by atoms with van der Waals surface area (Å²) in [6.07, 6.45) is 1.82. The Morgan fingerprint density at radius 1 is 1.38 bits per heavy atom. The molecular formula is C14H18N2O5. The zero-order valence-electron chi connectivity index (χ0n) is 12.0. The van der Waals surface area contributed by atoms with Crippen LogP contribution in [0.25, 0.3) is 0 Å². The molecule has 1 amide bonds. The lowest BCUT2D eigenvalue weighted by atomic mass is 10.1. The summed E-state index contributed by atoms with van der Waals surface area (Å²) in [7, 11) is 0. The van der Waals surface area contributed by atoms with Gasteiger partial charge in [0.2, 0.25) is 0 Å². The summed E-state index contributed by atoms with van der Waals surface area (Å²) in [5.74, 6) is -0.647. The number of amides is 1. The van der Waals surface area contributed by atoms with E-state index in [2.05, 4.69) is 5.32 Å². The van der Waals surface area contributed by atoms with Crippen LogP contribution in [0.2, 0.25) is 0 Å². The Balaban J connectivity index is 2.72. The summed E-state index contributed by atoms with van der Waals surface area (Å²) in [6, 6.07) is 3.90. The van der Waals surface area contributed by atoms with Gasteiger partial charge in [-0.3, -0.25) is 19.7 Å². The van der Waals surface area contributed by atoms with Gasteiger partial charge in [-0.15, -0.1) is 0 Å². The summed E-state index contributed by atoms with van der Waals surface area (Å²) in [5.41, 5.74) is -0.106. The van der Waals surface area contributed by atoms with Crippen LogP contribution in [0.5, 0.6) is 5.75 Å². The first kappa shape index (κ1) is 16.6. The average Bonchev–Trinajstić information content (AvgIpc) is 2.45. The van der Waals surface area contributed by atoms with Crippen molar-refractivity contribution in [2.24, 2.45) is 0 Å². The number of hydrogen-bond acceptors (Lipinski definition) is 5. The number of ether oxygens (including phenoxy) is 1. The third-order valence-corrected chi connectivity index (χ3v) is 2.77. The highest BCUT2D eigenvalue weighted by atomic mass is 16.6. The van der Waals surface area contributed by atoms with Crippen LogP contribution in [0.4, 0.5) is 5.69 Å². The lowest BCUT2D eigenvalue weighted by Gasteiger charge is -2.08. The molecule has 21 heavy (non-hydrogen) atoms. The lowest BCUT2D eigenvalue weighted by molar-refractivity contribution is -0.385. The number of benzene rings is 1. The highest BCUT2D eigenvalue weighted by Crippen LogP contribution is 2.28. The van der Waals surface area contributed by atoms with Crippen molar-refractivity contribution in [3.63, 3.8) is 0 Å². The number of ketones is 1. The largest absolute Gasteiger partial charge is 0.477 e. The van der Waals surface area contributed by atoms with Crippen LogP contribution < -0.4 is 10.1 Å². The zero-order valence-corrected chi connectivity index (χ0v) is 12.0. The quantitative estimate of drug-likeness (QED) is 0.342. The van der Waals surface area contributed by atoms with E-state index in [9.17, 15) is 19.7 Å². The molecule has 1 aromatic carbocycles. The Bertz CT molecular complexity index is 542. The van der Waals surface area contributed by atoms with Gasteiger partial charge in [-0.1, -0.05) is 13.3 Å². The maximum atomic E-state index is 11.5. The van der Waals surface area contributed by atoms with Gasteiger partial charge in [0.25, 0.3) is 5.91 Å². The second kappa shape index (κ2) is 7.98. The number of carbonyl (C=O) groups is 2. The minimum atomic E-state index is -0.642. The molecule has 114 valence electrons. The normalized spacial score (nSPS) is 10.0. The van der Waals surface area contributed by atoms with E-state index in [1.807, 2.05) is 6.92 Å². The van der Waals surface area contributed by atoms with Gasteiger partial charge in [0, 0.05) is 18.2 Å². The maximum Gasteiger partial charge on any atom is 0.311 e. The molecule has 1 N–H and O–H groups in total. The Hall–Kier alpha value is -2.44. The summed E-state index contributed by atoms with van der Waals surface area (Å²) in [5, 5.41) is 13.6. The third-order valence-electron chi connectivity index (χ3n) is 2.77. The molecule has 0 saturated heterocycles. The van der Waals surface area contributed by atoms with E-state index < -0.39 is 4.92 Å². The molecule has 0 aromatic heterocycles. The number of nitrogens with zero attached hydrogens (tertiary/aromatic N) is 1. The van der Waals surface area contributed by atoms with E-state index in [-0.39, 0.29) is 35.3 Å². The van der Waals surface area contributed by atoms with Crippen molar-refractivity contribution < 1.29 is 19.2 Å². The predicted molar refractivity (Wildman–Crippen MR) is 76.5 cm³/mol. The second-order valence-electron chi connectivity index (χ2n) is 4.49. The van der Waals surface area contributed by atoms with Gasteiger partial charge in [0.15, 0.2) is 18.1 Å². The Morgan fingerprint density at radius 2 is 2.10 bits per heavy atom. The monoisotopic (exact) mass is 294 g/mol. The van der Waals surface area contributed by atoms with E-state index in [1.54, 1.807) is 0 Å². The molecule has 0 saturated carbocycles. The molecule has 0 aliphatic carbocycles. The Morgan fingerprint density at radius 3 is 2.67 bits per heavy atom. The smallest absolute Gasteiger partial charge is 0.311 e. The van der Waals surface area contributed by atoms with Gasteiger partial charge in [0.1, 0.15) is 0 Å². The number of Topliss-reactive ketones (excluding diaryl/α,β-unsaturated/α-hetero) is 1. The van der Waals surface area contributed by atoms with E-state index in [1.165, 1.54) is 19.1 Å². The SMILES string of the molecule is CCCCNC(=O)COc1ccc(C(C)=O)cc1[N+](=O)[O-]. The third kappa shape index (κ3) is 5.21. The minimum Gasteiger partial charge on any atom is -0.477 e. The van der Waals surface area contributed by atoms with Crippen molar-refractivity contribution >= 4 is 17.4 Å². The number of nitro benzene ring substituents is 1. The number of hydrogen-bond donors (Lipinski definition) is 1. The molecule has 0 aliphatic heterocycles. The first-order valence-corrected chi connectivity index (χ1v) is 6.64. The van der Waals surface area contributed by atoms with Crippen molar-refractivity contribution in [1.82, 2.24) is 5.32 Å². The average molecular weight is 294 g/mol. The van der Waals surface area contributed by atoms with Crippen LogP contribution >= 0.6 is 0 Å². The number of rotatable bonds is 8. The second-order valence-corrected chi connectivity index (χ2v) is 4.49. The molecule has 0 bridgehead atoms. The molecule has 0 fully saturated rings. The molecule has 0 aliphatic rings. The molecule has 0 radical (unpaired) electrons. The van der Waals surface area contributed by atoms with Crippen molar-refractivity contribution in [2.45, 2.75) is 26.7 Å². The summed E-state index contributed by atoms with van der Waals surface area (Å²) >= 11 is 0. The first-order valence-electron chi connectivity index (χ1n) is 6.64. The van der Waals surface area contributed by atoms with Gasteiger partial charge >= 0.3 is 5.69 Å². The van der Waals surface area contributed by atoms with Crippen LogP contribution in [0.3, 0.4) is 0 Å². The Kier molecular flexibility index (Phi) is 6.32. The number of nitrogens with one attached hydrogen (secondary N) is 1. The summed E-state index contributed by atoms with van der Waals surface area (Å²) in [4.78, 5) is 33.0. The molecule has 0 spiro atoms.